The molecular formula is C13H14BrN5O. The molecule has 1 aliphatic heterocycles. The molecule has 0 radical (unpaired) electrons. The van der Waals surface area contributed by atoms with Gasteiger partial charge in [-0.05, 0) is 28.1 Å². The molecule has 1 aromatic carbocycles. The van der Waals surface area contributed by atoms with E-state index in [1.165, 1.54) is 0 Å². The molecule has 2 heterocycles. The lowest BCUT2D eigenvalue weighted by Gasteiger charge is -2.26. The molecular weight excluding hydrogens is 322 g/mol. The molecule has 0 bridgehead atoms. The van der Waals surface area contributed by atoms with Gasteiger partial charge < -0.3 is 15.0 Å². The van der Waals surface area contributed by atoms with Crippen molar-refractivity contribution in [2.24, 2.45) is 0 Å². The number of nitrogens with zero attached hydrogens (tertiary/aromatic N) is 4. The number of hydrogen-bond acceptors (Lipinski definition) is 6. The van der Waals surface area contributed by atoms with Gasteiger partial charge in [0, 0.05) is 17.6 Å². The molecule has 0 unspecified atom stereocenters. The average molecular weight is 336 g/mol. The van der Waals surface area contributed by atoms with Crippen LogP contribution in [0.4, 0.5) is 17.5 Å². The summed E-state index contributed by atoms with van der Waals surface area (Å²) in [5.74, 6) is 1.30. The number of nitrogens with one attached hydrogen (secondary N) is 1. The zero-order valence-corrected chi connectivity index (χ0v) is 12.4. The van der Waals surface area contributed by atoms with E-state index in [-0.39, 0.29) is 0 Å². The quantitative estimate of drug-likeness (QED) is 0.927. The van der Waals surface area contributed by atoms with Gasteiger partial charge in [0.15, 0.2) is 5.82 Å². The third kappa shape index (κ3) is 3.05. The molecule has 1 aliphatic rings. The maximum absolute atomic E-state index is 5.32. The maximum atomic E-state index is 5.32. The van der Waals surface area contributed by atoms with Gasteiger partial charge in [-0.25, -0.2) is 0 Å². The van der Waals surface area contributed by atoms with E-state index in [0.29, 0.717) is 25.0 Å². The summed E-state index contributed by atoms with van der Waals surface area (Å²) in [6, 6.07) is 7.87. The molecule has 6 nitrogen and oxygen atoms in total. The summed E-state index contributed by atoms with van der Waals surface area (Å²) in [6.45, 7) is 2.98. The van der Waals surface area contributed by atoms with Gasteiger partial charge in [0.05, 0.1) is 25.1 Å². The van der Waals surface area contributed by atoms with Gasteiger partial charge in [-0.1, -0.05) is 12.1 Å². The first-order valence-electron chi connectivity index (χ1n) is 6.37. The van der Waals surface area contributed by atoms with Crippen molar-refractivity contribution in [2.45, 2.75) is 0 Å². The third-order valence-corrected chi connectivity index (χ3v) is 3.67. The third-order valence-electron chi connectivity index (χ3n) is 2.98. The van der Waals surface area contributed by atoms with Crippen LogP contribution in [0, 0.1) is 0 Å². The summed E-state index contributed by atoms with van der Waals surface area (Å²) in [6.07, 6.45) is 1.61. The zero-order chi connectivity index (χ0) is 13.8. The van der Waals surface area contributed by atoms with Crippen LogP contribution in [-0.4, -0.2) is 41.5 Å². The number of para-hydroxylation sites is 1. The van der Waals surface area contributed by atoms with Gasteiger partial charge in [0.1, 0.15) is 0 Å². The lowest BCUT2D eigenvalue weighted by atomic mass is 10.3. The number of hydrogen-bond donors (Lipinski definition) is 1. The highest BCUT2D eigenvalue weighted by Crippen LogP contribution is 2.24. The molecule has 2 aromatic rings. The second-order valence-corrected chi connectivity index (χ2v) is 5.20. The fourth-order valence-electron chi connectivity index (χ4n) is 1.95. The van der Waals surface area contributed by atoms with E-state index < -0.39 is 0 Å². The van der Waals surface area contributed by atoms with Crippen LogP contribution < -0.4 is 10.2 Å². The van der Waals surface area contributed by atoms with Gasteiger partial charge in [-0.15, -0.1) is 5.10 Å². The number of anilines is 3. The molecule has 0 saturated carbocycles. The monoisotopic (exact) mass is 335 g/mol. The lowest BCUT2D eigenvalue weighted by Crippen LogP contribution is -2.37. The van der Waals surface area contributed by atoms with Gasteiger partial charge in [-0.2, -0.15) is 10.1 Å². The van der Waals surface area contributed by atoms with E-state index in [9.17, 15) is 0 Å². The lowest BCUT2D eigenvalue weighted by molar-refractivity contribution is 0.122. The van der Waals surface area contributed by atoms with Crippen molar-refractivity contribution in [3.05, 3.63) is 34.9 Å². The Balaban J connectivity index is 1.79. The Morgan fingerprint density at radius 1 is 1.20 bits per heavy atom. The highest BCUT2D eigenvalue weighted by Gasteiger charge is 2.14. The minimum Gasteiger partial charge on any atom is -0.378 e. The SMILES string of the molecule is Brc1ccccc1Nc1cnnc(N2CCOCC2)n1. The number of halogens is 1. The molecule has 104 valence electrons. The van der Waals surface area contributed by atoms with Crippen molar-refractivity contribution in [3.8, 4) is 0 Å². The molecule has 1 aromatic heterocycles. The highest BCUT2D eigenvalue weighted by atomic mass is 79.9. The van der Waals surface area contributed by atoms with Crippen LogP contribution in [0.2, 0.25) is 0 Å². The molecule has 1 saturated heterocycles. The summed E-state index contributed by atoms with van der Waals surface area (Å²) in [5.41, 5.74) is 0.945. The highest BCUT2D eigenvalue weighted by molar-refractivity contribution is 9.10. The first-order valence-corrected chi connectivity index (χ1v) is 7.16. The summed E-state index contributed by atoms with van der Waals surface area (Å²) in [5, 5.41) is 11.3. The van der Waals surface area contributed by atoms with Crippen LogP contribution in [0.5, 0.6) is 0 Å². The van der Waals surface area contributed by atoms with Crippen LogP contribution >= 0.6 is 15.9 Å². The maximum Gasteiger partial charge on any atom is 0.247 e. The Hall–Kier alpha value is -1.73. The number of rotatable bonds is 3. The van der Waals surface area contributed by atoms with Crippen LogP contribution in [0.15, 0.2) is 34.9 Å². The normalized spacial score (nSPS) is 15.2. The van der Waals surface area contributed by atoms with Crippen LogP contribution in [0.1, 0.15) is 0 Å². The molecule has 1 N–H and O–H groups in total. The van der Waals surface area contributed by atoms with Crippen LogP contribution in [0.25, 0.3) is 0 Å². The fraction of sp³-hybridized carbons (Fsp3) is 0.308. The van der Waals surface area contributed by atoms with Crippen LogP contribution in [-0.2, 0) is 4.74 Å². The largest absolute Gasteiger partial charge is 0.378 e. The van der Waals surface area contributed by atoms with Crippen molar-refractivity contribution in [1.29, 1.82) is 0 Å². The summed E-state index contributed by atoms with van der Waals surface area (Å²) in [4.78, 5) is 6.57. The smallest absolute Gasteiger partial charge is 0.247 e. The molecule has 0 amide bonds. The van der Waals surface area contributed by atoms with Crippen molar-refractivity contribution in [1.82, 2.24) is 15.2 Å². The first kappa shape index (κ1) is 13.3. The molecule has 1 fully saturated rings. The molecule has 20 heavy (non-hydrogen) atoms. The van der Waals surface area contributed by atoms with Crippen LogP contribution in [0.3, 0.4) is 0 Å². The Bertz CT molecular complexity index is 588. The van der Waals surface area contributed by atoms with E-state index in [1.54, 1.807) is 6.20 Å². The number of morpholine rings is 1. The van der Waals surface area contributed by atoms with E-state index in [4.69, 9.17) is 4.74 Å². The van der Waals surface area contributed by atoms with Crippen molar-refractivity contribution in [3.63, 3.8) is 0 Å². The Labute approximate surface area is 125 Å². The Morgan fingerprint density at radius 3 is 2.80 bits per heavy atom. The van der Waals surface area contributed by atoms with Crippen molar-refractivity contribution >= 4 is 33.4 Å². The number of aromatic nitrogens is 3. The van der Waals surface area contributed by atoms with E-state index in [0.717, 1.165) is 23.2 Å². The van der Waals surface area contributed by atoms with Crippen molar-refractivity contribution in [2.75, 3.05) is 36.5 Å². The first-order chi connectivity index (χ1) is 9.83. The molecule has 0 spiro atoms. The topological polar surface area (TPSA) is 63.2 Å². The molecule has 0 atom stereocenters. The Kier molecular flexibility index (Phi) is 4.08. The summed E-state index contributed by atoms with van der Waals surface area (Å²) < 4.78 is 6.30. The Morgan fingerprint density at radius 2 is 2.00 bits per heavy atom. The number of ether oxygens (including phenoxy) is 1. The van der Waals surface area contributed by atoms with E-state index >= 15 is 0 Å². The van der Waals surface area contributed by atoms with Gasteiger partial charge in [-0.3, -0.25) is 0 Å². The van der Waals surface area contributed by atoms with Gasteiger partial charge in [0.25, 0.3) is 0 Å². The predicted octanol–water partition coefficient (Wildman–Crippen LogP) is 2.21. The summed E-state index contributed by atoms with van der Waals surface area (Å²) >= 11 is 3.50. The minimum atomic E-state index is 0.630. The molecule has 3 rings (SSSR count). The van der Waals surface area contributed by atoms with Gasteiger partial charge in [0.2, 0.25) is 5.95 Å². The zero-order valence-electron chi connectivity index (χ0n) is 10.8. The van der Waals surface area contributed by atoms with E-state index in [2.05, 4.69) is 41.3 Å². The van der Waals surface area contributed by atoms with E-state index in [1.807, 2.05) is 24.3 Å². The molecule has 7 heteroatoms. The van der Waals surface area contributed by atoms with Crippen molar-refractivity contribution < 1.29 is 4.74 Å². The second-order valence-electron chi connectivity index (χ2n) is 4.35. The second kappa shape index (κ2) is 6.15. The van der Waals surface area contributed by atoms with Gasteiger partial charge >= 0.3 is 0 Å². The minimum absolute atomic E-state index is 0.630. The fourth-order valence-corrected chi connectivity index (χ4v) is 2.34. The standard InChI is InChI=1S/C13H14BrN5O/c14-10-3-1-2-4-11(10)16-12-9-15-18-13(17-12)19-5-7-20-8-6-19/h1-4,9H,5-8H2,(H,16,17,18). The predicted molar refractivity (Wildman–Crippen MR) is 80.3 cm³/mol. The average Bonchev–Trinajstić information content (AvgIpc) is 2.51. The number of benzene rings is 1. The summed E-state index contributed by atoms with van der Waals surface area (Å²) in [7, 11) is 0. The molecule has 0 aliphatic carbocycles.